The number of ether oxygens (including phenoxy) is 1. The molecule has 1 heterocycles. The van der Waals surface area contributed by atoms with E-state index in [0.717, 1.165) is 17.9 Å². The average Bonchev–Trinajstić information content (AvgIpc) is 2.83. The maximum absolute atomic E-state index is 10.1. The fourth-order valence-electron chi connectivity index (χ4n) is 2.15. The lowest BCUT2D eigenvalue weighted by Gasteiger charge is -2.25. The minimum absolute atomic E-state index is 0.0811. The number of aryl methyl sites for hydroxylation is 1. The number of rotatable bonds is 5. The Bertz CT molecular complexity index is 580. The highest BCUT2D eigenvalue weighted by molar-refractivity contribution is 5.41. The van der Waals surface area contributed by atoms with Gasteiger partial charge in [0.1, 0.15) is 17.3 Å². The Morgan fingerprint density at radius 2 is 2.20 bits per heavy atom. The third kappa shape index (κ3) is 2.93. The molecule has 0 saturated heterocycles. The molecule has 0 spiro atoms. The summed E-state index contributed by atoms with van der Waals surface area (Å²) in [5.41, 5.74) is 0.877. The lowest BCUT2D eigenvalue weighted by Crippen LogP contribution is -2.23. The first-order valence-corrected chi connectivity index (χ1v) is 6.56. The highest BCUT2D eigenvalue weighted by Crippen LogP contribution is 2.31. The zero-order valence-corrected chi connectivity index (χ0v) is 12.4. The molecule has 5 heteroatoms. The lowest BCUT2D eigenvalue weighted by molar-refractivity contribution is 0.239. The summed E-state index contributed by atoms with van der Waals surface area (Å²) in [6, 6.07) is 5.48. The first-order chi connectivity index (χ1) is 9.52. The minimum Gasteiger partial charge on any atom is -0.507 e. The van der Waals surface area contributed by atoms with Crippen molar-refractivity contribution in [3.63, 3.8) is 0 Å². The topological polar surface area (TPSA) is 50.5 Å². The van der Waals surface area contributed by atoms with Crippen molar-refractivity contribution in [3.05, 3.63) is 42.0 Å². The van der Waals surface area contributed by atoms with Gasteiger partial charge in [-0.2, -0.15) is 0 Å². The highest BCUT2D eigenvalue weighted by Gasteiger charge is 2.17. The molecule has 2 rings (SSSR count). The predicted octanol–water partition coefficient (Wildman–Crippen LogP) is 2.33. The lowest BCUT2D eigenvalue weighted by atomic mass is 10.1. The van der Waals surface area contributed by atoms with Gasteiger partial charge in [-0.05, 0) is 20.0 Å². The molecule has 0 fully saturated rings. The van der Waals surface area contributed by atoms with Crippen LogP contribution in [0.25, 0.3) is 0 Å². The van der Waals surface area contributed by atoms with E-state index in [1.165, 1.54) is 0 Å². The van der Waals surface area contributed by atoms with Gasteiger partial charge in [0, 0.05) is 37.1 Å². The largest absolute Gasteiger partial charge is 0.507 e. The van der Waals surface area contributed by atoms with Gasteiger partial charge < -0.3 is 14.4 Å². The summed E-state index contributed by atoms with van der Waals surface area (Å²) < 4.78 is 7.10. The predicted molar refractivity (Wildman–Crippen MR) is 77.7 cm³/mol. The number of hydrogen-bond donors (Lipinski definition) is 1. The van der Waals surface area contributed by atoms with E-state index >= 15 is 0 Å². The molecule has 20 heavy (non-hydrogen) atoms. The molecule has 0 saturated carbocycles. The van der Waals surface area contributed by atoms with Crippen LogP contribution in [0.4, 0.5) is 0 Å². The summed E-state index contributed by atoms with van der Waals surface area (Å²) in [4.78, 5) is 6.46. The van der Waals surface area contributed by atoms with Crippen LogP contribution in [0.1, 0.15) is 24.4 Å². The zero-order valence-electron chi connectivity index (χ0n) is 12.4. The second-order valence-corrected chi connectivity index (χ2v) is 4.97. The fourth-order valence-corrected chi connectivity index (χ4v) is 2.15. The van der Waals surface area contributed by atoms with E-state index in [9.17, 15) is 5.11 Å². The SMILES string of the molecule is COc1ccc(C(C)N(C)Cc2nccn2C)c(O)c1. The Hall–Kier alpha value is -2.01. The van der Waals surface area contributed by atoms with Gasteiger partial charge in [0.15, 0.2) is 0 Å². The molecule has 0 aliphatic rings. The third-order valence-electron chi connectivity index (χ3n) is 3.66. The molecule has 2 aromatic rings. The number of phenolic OH excluding ortho intramolecular Hbond substituents is 1. The molecule has 0 radical (unpaired) electrons. The third-order valence-corrected chi connectivity index (χ3v) is 3.66. The van der Waals surface area contributed by atoms with Crippen LogP contribution in [0.2, 0.25) is 0 Å². The van der Waals surface area contributed by atoms with E-state index in [-0.39, 0.29) is 11.8 Å². The zero-order chi connectivity index (χ0) is 14.7. The van der Waals surface area contributed by atoms with E-state index in [0.29, 0.717) is 5.75 Å². The van der Waals surface area contributed by atoms with Gasteiger partial charge in [-0.1, -0.05) is 6.07 Å². The maximum Gasteiger partial charge on any atom is 0.124 e. The summed E-state index contributed by atoms with van der Waals surface area (Å²) in [6.07, 6.45) is 3.72. The number of imidazole rings is 1. The molecule has 5 nitrogen and oxygen atoms in total. The molecule has 0 aliphatic heterocycles. The van der Waals surface area contributed by atoms with E-state index in [1.807, 2.05) is 37.0 Å². The number of aromatic hydroxyl groups is 1. The molecule has 0 bridgehead atoms. The Kier molecular flexibility index (Phi) is 4.29. The van der Waals surface area contributed by atoms with Crippen LogP contribution in [0, 0.1) is 0 Å². The summed E-state index contributed by atoms with van der Waals surface area (Å²) in [6.45, 7) is 2.78. The van der Waals surface area contributed by atoms with E-state index in [1.54, 1.807) is 19.4 Å². The minimum atomic E-state index is 0.0811. The van der Waals surface area contributed by atoms with Gasteiger partial charge >= 0.3 is 0 Å². The second kappa shape index (κ2) is 5.96. The Morgan fingerprint density at radius 1 is 1.45 bits per heavy atom. The number of benzene rings is 1. The number of aromatic nitrogens is 2. The normalized spacial score (nSPS) is 12.7. The van der Waals surface area contributed by atoms with Gasteiger partial charge in [-0.25, -0.2) is 4.98 Å². The average molecular weight is 275 g/mol. The summed E-state index contributed by atoms with van der Waals surface area (Å²) in [5.74, 6) is 1.90. The molecule has 1 atom stereocenters. The van der Waals surface area contributed by atoms with Gasteiger partial charge in [0.05, 0.1) is 13.7 Å². The quantitative estimate of drug-likeness (QED) is 0.910. The van der Waals surface area contributed by atoms with Crippen LogP contribution < -0.4 is 4.74 Å². The van der Waals surface area contributed by atoms with E-state index < -0.39 is 0 Å². The van der Waals surface area contributed by atoms with Crippen LogP contribution in [0.5, 0.6) is 11.5 Å². The Morgan fingerprint density at radius 3 is 2.75 bits per heavy atom. The van der Waals surface area contributed by atoms with Crippen LogP contribution in [-0.2, 0) is 13.6 Å². The standard InChI is InChI=1S/C15H21N3O2/c1-11(13-6-5-12(20-4)9-14(13)19)18(3)10-15-16-7-8-17(15)2/h5-9,11,19H,10H2,1-4H3. The van der Waals surface area contributed by atoms with Crippen molar-refractivity contribution in [2.45, 2.75) is 19.5 Å². The maximum atomic E-state index is 10.1. The molecular weight excluding hydrogens is 254 g/mol. The highest BCUT2D eigenvalue weighted by atomic mass is 16.5. The van der Waals surface area contributed by atoms with Crippen molar-refractivity contribution >= 4 is 0 Å². The van der Waals surface area contributed by atoms with Crippen molar-refractivity contribution in [1.29, 1.82) is 0 Å². The Labute approximate surface area is 119 Å². The number of methoxy groups -OCH3 is 1. The van der Waals surface area contributed by atoms with Crippen LogP contribution in [0.15, 0.2) is 30.6 Å². The van der Waals surface area contributed by atoms with Gasteiger partial charge in [0.2, 0.25) is 0 Å². The number of phenols is 1. The molecule has 0 aliphatic carbocycles. The second-order valence-electron chi connectivity index (χ2n) is 4.97. The van der Waals surface area contributed by atoms with E-state index in [2.05, 4.69) is 16.8 Å². The molecule has 1 aromatic heterocycles. The number of hydrogen-bond acceptors (Lipinski definition) is 4. The smallest absolute Gasteiger partial charge is 0.124 e. The molecule has 0 amide bonds. The van der Waals surface area contributed by atoms with Gasteiger partial charge in [0.25, 0.3) is 0 Å². The first kappa shape index (κ1) is 14.4. The van der Waals surface area contributed by atoms with E-state index in [4.69, 9.17) is 4.74 Å². The van der Waals surface area contributed by atoms with Crippen molar-refractivity contribution in [2.24, 2.45) is 7.05 Å². The van der Waals surface area contributed by atoms with Gasteiger partial charge in [-0.15, -0.1) is 0 Å². The van der Waals surface area contributed by atoms with Crippen LogP contribution >= 0.6 is 0 Å². The van der Waals surface area contributed by atoms with Crippen molar-refractivity contribution < 1.29 is 9.84 Å². The van der Waals surface area contributed by atoms with Crippen molar-refractivity contribution in [3.8, 4) is 11.5 Å². The molecule has 1 N–H and O–H groups in total. The van der Waals surface area contributed by atoms with Gasteiger partial charge in [-0.3, -0.25) is 4.90 Å². The first-order valence-electron chi connectivity index (χ1n) is 6.56. The summed E-state index contributed by atoms with van der Waals surface area (Å²) in [7, 11) is 5.58. The molecule has 1 unspecified atom stereocenters. The monoisotopic (exact) mass is 275 g/mol. The summed E-state index contributed by atoms with van der Waals surface area (Å²) >= 11 is 0. The van der Waals surface area contributed by atoms with Crippen molar-refractivity contribution in [2.75, 3.05) is 14.2 Å². The number of nitrogens with zero attached hydrogens (tertiary/aromatic N) is 3. The molecule has 108 valence electrons. The Balaban J connectivity index is 2.14. The fraction of sp³-hybridized carbons (Fsp3) is 0.400. The molecular formula is C15H21N3O2. The van der Waals surface area contributed by atoms with Crippen molar-refractivity contribution in [1.82, 2.24) is 14.5 Å². The molecule has 1 aromatic carbocycles. The van der Waals surface area contributed by atoms with Crippen LogP contribution in [-0.4, -0.2) is 33.7 Å². The van der Waals surface area contributed by atoms with Crippen LogP contribution in [0.3, 0.4) is 0 Å². The summed E-state index contributed by atoms with van der Waals surface area (Å²) in [5, 5.41) is 10.1.